The molecule has 0 aromatic heterocycles. The zero-order valence-electron chi connectivity index (χ0n) is 67.9. The molecule has 1 saturated carbocycles. The monoisotopic (exact) mass is 1500 g/mol. The topological polar surface area (TPSA) is 6.48 Å². The van der Waals surface area contributed by atoms with Gasteiger partial charge in [0.25, 0.3) is 0 Å². The zero-order valence-corrected chi connectivity index (χ0v) is 67.9. The van der Waals surface area contributed by atoms with E-state index in [1.165, 1.54) is 205 Å². The SMILES string of the molecule is CC(C)(C)c1ccc2c(c1)C1(c3ccccc3-c3ccc(N(c4ccc5c(c4)C(C)(C)c4ccccc4-5)c4ccccc4-c4cccc(-c5ccc6c(c5)C5(c7ccccc7-c7ccccc75)c5cc(N(c7ccc8c(c7)C7(CCCCC7)c7ccccc7-8)c7ccccc7-c7ccccc7)ccc5-6)c4)cc31)c1cc(C(C)(C)C)ccc1-2. The van der Waals surface area contributed by atoms with E-state index in [1.807, 2.05) is 0 Å². The molecule has 7 aliphatic carbocycles. The third-order valence-electron chi connectivity index (χ3n) is 28.4. The van der Waals surface area contributed by atoms with Crippen molar-refractivity contribution in [2.45, 2.75) is 120 Å². The van der Waals surface area contributed by atoms with Gasteiger partial charge in [-0.2, -0.15) is 0 Å². The number of benzene rings is 16. The van der Waals surface area contributed by atoms with Crippen LogP contribution in [-0.2, 0) is 32.5 Å². The number of para-hydroxylation sites is 2. The Morgan fingerprint density at radius 2 is 0.530 bits per heavy atom. The molecule has 3 spiro atoms. The molecule has 0 N–H and O–H groups in total. The van der Waals surface area contributed by atoms with Crippen LogP contribution < -0.4 is 9.80 Å². The summed E-state index contributed by atoms with van der Waals surface area (Å²) >= 11 is 0. The maximum Gasteiger partial charge on any atom is 0.0726 e. The average Bonchev–Trinajstić information content (AvgIpc) is 1.51. The predicted octanol–water partition coefficient (Wildman–Crippen LogP) is 30.4. The van der Waals surface area contributed by atoms with Crippen molar-refractivity contribution < 1.29 is 0 Å². The molecular weight excluding hydrogens is 1410 g/mol. The summed E-state index contributed by atoms with van der Waals surface area (Å²) in [5.41, 5.74) is 46.9. The highest BCUT2D eigenvalue weighted by Crippen LogP contribution is 2.68. The molecule has 2 heteroatoms. The molecule has 0 saturated heterocycles. The predicted molar refractivity (Wildman–Crippen MR) is 489 cm³/mol. The van der Waals surface area contributed by atoms with Crippen LogP contribution in [0.15, 0.2) is 352 Å². The number of hydrogen-bond acceptors (Lipinski definition) is 2. The van der Waals surface area contributed by atoms with Crippen molar-refractivity contribution in [1.29, 1.82) is 0 Å². The van der Waals surface area contributed by atoms with Crippen molar-refractivity contribution in [2.24, 2.45) is 0 Å². The lowest BCUT2D eigenvalue weighted by molar-refractivity contribution is 0.353. The first-order chi connectivity index (χ1) is 57.0. The highest BCUT2D eigenvalue weighted by molar-refractivity contribution is 6.02. The van der Waals surface area contributed by atoms with Crippen molar-refractivity contribution >= 4 is 34.1 Å². The van der Waals surface area contributed by atoms with Crippen molar-refractivity contribution in [1.82, 2.24) is 0 Å². The third kappa shape index (κ3) is 9.85. The van der Waals surface area contributed by atoms with Crippen LogP contribution in [0, 0.1) is 0 Å². The summed E-state index contributed by atoms with van der Waals surface area (Å²) in [6, 6.07) is 137. The minimum absolute atomic E-state index is 0.0200. The summed E-state index contributed by atoms with van der Waals surface area (Å²) in [5, 5.41) is 0. The van der Waals surface area contributed by atoms with E-state index in [0.717, 1.165) is 39.6 Å². The molecular formula is C115H92N2. The fourth-order valence-corrected chi connectivity index (χ4v) is 23.0. The van der Waals surface area contributed by atoms with Gasteiger partial charge in [0.15, 0.2) is 0 Å². The molecule has 0 unspecified atom stereocenters. The maximum atomic E-state index is 2.60. The standard InChI is InChI=1S/C115H92N2/c1-110(2,3)76-49-56-92-93-57-50-77(111(4,5)6)67-105(93)115(104(92)66-76)100-45-24-17-40-88(100)94-60-53-81(71-107(94)115)116(78-51-58-89-84-36-13-20-41-96(84)112(7,8)101(89)68-78)109-47-26-19-35-83(109)75-33-29-32-73(64-75)74-48-55-91-95-61-54-80(70-106(95)114(103(91)65-74)98-43-22-15-38-86(98)87-39-16-23-44-99(87)114)117(108-46-25-18-34-82(108)72-30-11-9-12-31-72)79-52-59-90-85-37-14-21-42-97(85)113(102(90)69-79)62-27-10-28-63-113/h9,11-26,29-61,64-71H,10,27-28,62-63H2,1-8H3. The van der Waals surface area contributed by atoms with E-state index in [-0.39, 0.29) is 21.7 Å². The maximum absolute atomic E-state index is 2.60. The van der Waals surface area contributed by atoms with Gasteiger partial charge >= 0.3 is 0 Å². The molecule has 117 heavy (non-hydrogen) atoms. The van der Waals surface area contributed by atoms with Gasteiger partial charge in [-0.1, -0.05) is 354 Å². The molecule has 2 nitrogen and oxygen atoms in total. The first kappa shape index (κ1) is 69.6. The zero-order chi connectivity index (χ0) is 78.6. The molecule has 23 rings (SSSR count). The Labute approximate surface area is 689 Å². The van der Waals surface area contributed by atoms with Crippen LogP contribution in [0.5, 0.6) is 0 Å². The number of anilines is 6. The molecule has 1 fully saturated rings. The summed E-state index contributed by atoms with van der Waals surface area (Å²) in [6.45, 7) is 19.0. The molecule has 16 aromatic carbocycles. The lowest BCUT2D eigenvalue weighted by Gasteiger charge is -2.37. The second kappa shape index (κ2) is 25.3. The van der Waals surface area contributed by atoms with Crippen LogP contribution in [0.3, 0.4) is 0 Å². The molecule has 0 aliphatic heterocycles. The first-order valence-corrected chi connectivity index (χ1v) is 42.5. The van der Waals surface area contributed by atoms with Gasteiger partial charge in [0.2, 0.25) is 0 Å². The molecule has 16 aromatic rings. The Bertz CT molecular complexity index is 6770. The molecule has 0 radical (unpaired) electrons. The van der Waals surface area contributed by atoms with Crippen molar-refractivity contribution in [3.05, 3.63) is 430 Å². The summed E-state index contributed by atoms with van der Waals surface area (Å²) in [6.07, 6.45) is 6.09. The normalized spacial score (nSPS) is 15.5. The highest BCUT2D eigenvalue weighted by atomic mass is 15.2. The largest absolute Gasteiger partial charge is 0.310 e. The van der Waals surface area contributed by atoms with Gasteiger partial charge < -0.3 is 9.80 Å². The molecule has 562 valence electrons. The lowest BCUT2D eigenvalue weighted by Crippen LogP contribution is -2.28. The molecule has 0 bridgehead atoms. The highest BCUT2D eigenvalue weighted by Gasteiger charge is 2.55. The van der Waals surface area contributed by atoms with Crippen LogP contribution >= 0.6 is 0 Å². The van der Waals surface area contributed by atoms with Gasteiger partial charge in [0.1, 0.15) is 0 Å². The van der Waals surface area contributed by atoms with Gasteiger partial charge in [-0.15, -0.1) is 0 Å². The van der Waals surface area contributed by atoms with Gasteiger partial charge in [-0.3, -0.25) is 0 Å². The fraction of sp³-hybridized carbons (Fsp3) is 0.165. The minimum Gasteiger partial charge on any atom is -0.310 e. The summed E-state index contributed by atoms with van der Waals surface area (Å²) in [5.74, 6) is 0. The summed E-state index contributed by atoms with van der Waals surface area (Å²) in [7, 11) is 0. The van der Waals surface area contributed by atoms with Gasteiger partial charge in [0, 0.05) is 44.7 Å². The average molecular weight is 1500 g/mol. The van der Waals surface area contributed by atoms with Crippen LogP contribution in [0.25, 0.3) is 100 Å². The Hall–Kier alpha value is -12.9. The summed E-state index contributed by atoms with van der Waals surface area (Å²) in [4.78, 5) is 5.20. The fourth-order valence-electron chi connectivity index (χ4n) is 23.0. The van der Waals surface area contributed by atoms with Crippen LogP contribution in [0.1, 0.15) is 165 Å². The van der Waals surface area contributed by atoms with Crippen LogP contribution in [0.4, 0.5) is 34.1 Å². The van der Waals surface area contributed by atoms with E-state index in [0.29, 0.717) is 0 Å². The van der Waals surface area contributed by atoms with E-state index in [1.54, 1.807) is 0 Å². The molecule has 0 amide bonds. The Morgan fingerprint density at radius 1 is 0.214 bits per heavy atom. The van der Waals surface area contributed by atoms with E-state index in [9.17, 15) is 0 Å². The second-order valence-corrected chi connectivity index (χ2v) is 36.8. The Balaban J connectivity index is 0.701. The Morgan fingerprint density at radius 3 is 1.03 bits per heavy atom. The van der Waals surface area contributed by atoms with E-state index in [4.69, 9.17) is 0 Å². The van der Waals surface area contributed by atoms with Crippen LogP contribution in [-0.4, -0.2) is 0 Å². The van der Waals surface area contributed by atoms with E-state index < -0.39 is 10.8 Å². The van der Waals surface area contributed by atoms with Gasteiger partial charge in [-0.25, -0.2) is 0 Å². The van der Waals surface area contributed by atoms with Crippen molar-refractivity contribution in [3.8, 4) is 100 Å². The smallest absolute Gasteiger partial charge is 0.0726 e. The Kier molecular flexibility index (Phi) is 15.1. The summed E-state index contributed by atoms with van der Waals surface area (Å²) < 4.78 is 0. The molecule has 0 heterocycles. The van der Waals surface area contributed by atoms with Gasteiger partial charge in [0.05, 0.1) is 22.2 Å². The lowest BCUT2D eigenvalue weighted by atomic mass is 9.68. The van der Waals surface area contributed by atoms with Crippen molar-refractivity contribution in [3.63, 3.8) is 0 Å². The second-order valence-electron chi connectivity index (χ2n) is 36.8. The van der Waals surface area contributed by atoms with E-state index in [2.05, 4.69) is 417 Å². The quantitative estimate of drug-likeness (QED) is 0.142. The minimum atomic E-state index is -0.654. The van der Waals surface area contributed by atoms with E-state index >= 15 is 0 Å². The number of hydrogen-bond donors (Lipinski definition) is 0. The van der Waals surface area contributed by atoms with Crippen molar-refractivity contribution in [2.75, 3.05) is 9.80 Å². The number of nitrogens with zero attached hydrogens (tertiary/aromatic N) is 2. The molecule has 0 atom stereocenters. The first-order valence-electron chi connectivity index (χ1n) is 42.5. The number of fused-ring (bicyclic) bond motifs is 28. The number of rotatable bonds is 9. The van der Waals surface area contributed by atoms with Crippen LogP contribution in [0.2, 0.25) is 0 Å². The third-order valence-corrected chi connectivity index (χ3v) is 28.4. The molecule has 7 aliphatic rings. The van der Waals surface area contributed by atoms with Gasteiger partial charge in [-0.05, 0) is 263 Å².